The van der Waals surface area contributed by atoms with Gasteiger partial charge < -0.3 is 9.87 Å². The van der Waals surface area contributed by atoms with E-state index in [2.05, 4.69) is 5.32 Å². The van der Waals surface area contributed by atoms with Crippen LogP contribution in [0.2, 0.25) is 0 Å². The Morgan fingerprint density at radius 3 is 2.38 bits per heavy atom. The van der Waals surface area contributed by atoms with Crippen LogP contribution in [0, 0.1) is 5.41 Å². The number of alkyl halides is 3. The van der Waals surface area contributed by atoms with Gasteiger partial charge in [0, 0.05) is 7.05 Å². The molecule has 1 unspecified atom stereocenters. The molecule has 0 radical (unpaired) electrons. The van der Waals surface area contributed by atoms with Crippen LogP contribution >= 0.6 is 0 Å². The molecule has 1 aliphatic rings. The van der Waals surface area contributed by atoms with Crippen LogP contribution in [-0.4, -0.2) is 34.6 Å². The lowest BCUT2D eigenvalue weighted by Crippen LogP contribution is -2.62. The summed E-state index contributed by atoms with van der Waals surface area (Å²) in [4.78, 5) is 14.8. The largest absolute Gasteiger partial charge is 0.612 e. The summed E-state index contributed by atoms with van der Waals surface area (Å²) in [5, 5.41) is 11.1. The van der Waals surface area contributed by atoms with Crippen molar-refractivity contribution in [2.45, 2.75) is 29.5 Å². The van der Waals surface area contributed by atoms with Gasteiger partial charge >= 0.3 is 6.18 Å². The van der Waals surface area contributed by atoms with Crippen molar-refractivity contribution in [2.75, 3.05) is 13.3 Å². The van der Waals surface area contributed by atoms with E-state index in [0.29, 0.717) is 16.0 Å². The van der Waals surface area contributed by atoms with E-state index in [-0.39, 0.29) is 5.96 Å². The van der Waals surface area contributed by atoms with E-state index in [4.69, 9.17) is 5.41 Å². The molecule has 0 spiro atoms. The number of carbonyl (C=O) groups excluding carboxylic acids is 1. The van der Waals surface area contributed by atoms with Crippen LogP contribution in [0.5, 0.6) is 0 Å². The van der Waals surface area contributed by atoms with Crippen molar-refractivity contribution in [3.05, 3.63) is 65.2 Å². The van der Waals surface area contributed by atoms with Crippen molar-refractivity contribution < 1.29 is 22.5 Å². The molecule has 2 aromatic rings. The fourth-order valence-corrected chi connectivity index (χ4v) is 4.09. The maximum absolute atomic E-state index is 13.1. The predicted molar refractivity (Wildman–Crippen MR) is 104 cm³/mol. The van der Waals surface area contributed by atoms with Gasteiger partial charge in [-0.1, -0.05) is 24.3 Å². The molecule has 1 fully saturated rings. The molecule has 0 aliphatic carbocycles. The second kappa shape index (κ2) is 7.38. The van der Waals surface area contributed by atoms with Crippen molar-refractivity contribution >= 4 is 23.0 Å². The van der Waals surface area contributed by atoms with Gasteiger partial charge in [0.2, 0.25) is 5.91 Å². The lowest BCUT2D eigenvalue weighted by atomic mass is 9.73. The lowest BCUT2D eigenvalue weighted by Gasteiger charge is -2.46. The molecule has 1 aliphatic heterocycles. The number of hydrogen-bond acceptors (Lipinski definition) is 3. The van der Waals surface area contributed by atoms with Crippen LogP contribution in [0.15, 0.2) is 53.4 Å². The van der Waals surface area contributed by atoms with E-state index < -0.39 is 40.3 Å². The third-order valence-corrected chi connectivity index (χ3v) is 6.12. The molecule has 1 saturated heterocycles. The topological polar surface area (TPSA) is 79.2 Å². The number of hydrogen-bond donors (Lipinski definition) is 2. The van der Waals surface area contributed by atoms with Gasteiger partial charge in [-0.25, -0.2) is 0 Å². The summed E-state index contributed by atoms with van der Waals surface area (Å²) in [6.07, 6.45) is -2.95. The molecule has 5 nitrogen and oxygen atoms in total. The van der Waals surface area contributed by atoms with Gasteiger partial charge in [-0.15, -0.1) is 0 Å². The standard InChI is InChI=1S/C20H20F3N3O2S/c1-19(14-5-4-6-15(11-14)29(3)28)16(17(27)26(2)18(24)25-19)12-7-9-13(10-8-12)20(21,22)23/h4-11,16H,1-3H3,(H2,24,25)/t16-,19-,29?/m1/s1. The van der Waals surface area contributed by atoms with Crippen LogP contribution in [0.4, 0.5) is 13.2 Å². The van der Waals surface area contributed by atoms with Crippen LogP contribution in [-0.2, 0) is 27.7 Å². The quantitative estimate of drug-likeness (QED) is 0.743. The van der Waals surface area contributed by atoms with Gasteiger partial charge in [0.05, 0.1) is 17.0 Å². The molecule has 0 aromatic heterocycles. The molecule has 2 aromatic carbocycles. The summed E-state index contributed by atoms with van der Waals surface area (Å²) in [6, 6.07) is 11.3. The highest BCUT2D eigenvalue weighted by atomic mass is 32.2. The summed E-state index contributed by atoms with van der Waals surface area (Å²) in [7, 11) is 1.44. The molecule has 29 heavy (non-hydrogen) atoms. The van der Waals surface area contributed by atoms with E-state index in [1.165, 1.54) is 25.4 Å². The molecule has 1 amide bonds. The zero-order chi connectivity index (χ0) is 21.6. The molecular formula is C20H20F3N3O2S. The second-order valence-electron chi connectivity index (χ2n) is 7.11. The number of halogens is 3. The first-order chi connectivity index (χ1) is 13.4. The highest BCUT2D eigenvalue weighted by molar-refractivity contribution is 7.90. The summed E-state index contributed by atoms with van der Waals surface area (Å²) in [5.41, 5.74) is -0.916. The number of guanidine groups is 1. The van der Waals surface area contributed by atoms with Gasteiger partial charge in [0.1, 0.15) is 6.26 Å². The Labute approximate surface area is 169 Å². The highest BCUT2D eigenvalue weighted by Crippen LogP contribution is 2.42. The molecule has 9 heteroatoms. The van der Waals surface area contributed by atoms with Crippen LogP contribution in [0.1, 0.15) is 29.5 Å². The maximum Gasteiger partial charge on any atom is 0.416 e. The van der Waals surface area contributed by atoms with E-state index in [9.17, 15) is 22.5 Å². The third-order valence-electron chi connectivity index (χ3n) is 5.21. The zero-order valence-corrected chi connectivity index (χ0v) is 16.8. The van der Waals surface area contributed by atoms with E-state index in [0.717, 1.165) is 17.0 Å². The Balaban J connectivity index is 2.13. The Morgan fingerprint density at radius 2 is 1.83 bits per heavy atom. The predicted octanol–water partition coefficient (Wildman–Crippen LogP) is 3.44. The molecule has 3 atom stereocenters. The average molecular weight is 423 g/mol. The molecule has 0 bridgehead atoms. The van der Waals surface area contributed by atoms with Crippen LogP contribution in [0.25, 0.3) is 0 Å². The van der Waals surface area contributed by atoms with Crippen molar-refractivity contribution in [1.82, 2.24) is 10.2 Å². The molecule has 0 saturated carbocycles. The van der Waals surface area contributed by atoms with E-state index in [1.807, 2.05) is 0 Å². The minimum atomic E-state index is -4.48. The number of rotatable bonds is 3. The first-order valence-electron chi connectivity index (χ1n) is 8.70. The number of carbonyl (C=O) groups is 1. The minimum Gasteiger partial charge on any atom is -0.612 e. The third kappa shape index (κ3) is 3.84. The van der Waals surface area contributed by atoms with Crippen molar-refractivity contribution in [1.29, 1.82) is 5.41 Å². The molecule has 154 valence electrons. The normalized spacial score (nSPS) is 23.7. The number of likely N-dealkylation sites (N-methyl/N-ethyl adjacent to an activating group) is 1. The summed E-state index contributed by atoms with van der Waals surface area (Å²) < 4.78 is 50.7. The number of amides is 1. The summed E-state index contributed by atoms with van der Waals surface area (Å²) in [5.74, 6) is -1.42. The monoisotopic (exact) mass is 423 g/mol. The fourth-order valence-electron chi connectivity index (χ4n) is 3.53. The second-order valence-corrected chi connectivity index (χ2v) is 8.49. The van der Waals surface area contributed by atoms with Gasteiger partial charge in [-0.3, -0.25) is 15.1 Å². The van der Waals surface area contributed by atoms with Gasteiger partial charge in [-0.2, -0.15) is 13.2 Å². The van der Waals surface area contributed by atoms with Crippen molar-refractivity contribution in [3.8, 4) is 0 Å². The highest BCUT2D eigenvalue weighted by Gasteiger charge is 2.48. The molecule has 3 rings (SSSR count). The van der Waals surface area contributed by atoms with E-state index >= 15 is 0 Å². The smallest absolute Gasteiger partial charge is 0.416 e. The first-order valence-corrected chi connectivity index (χ1v) is 10.3. The van der Waals surface area contributed by atoms with Gasteiger partial charge in [0.15, 0.2) is 10.9 Å². The Kier molecular flexibility index (Phi) is 5.40. The van der Waals surface area contributed by atoms with Crippen molar-refractivity contribution in [3.63, 3.8) is 0 Å². The van der Waals surface area contributed by atoms with Gasteiger partial charge in [-0.05, 0) is 53.5 Å². The summed E-state index contributed by atoms with van der Waals surface area (Å²) >= 11 is -1.26. The maximum atomic E-state index is 13.1. The number of nitrogens with one attached hydrogen (secondary N) is 2. The van der Waals surface area contributed by atoms with Crippen LogP contribution < -0.4 is 5.32 Å². The number of nitrogens with zero attached hydrogens (tertiary/aromatic N) is 1. The zero-order valence-electron chi connectivity index (χ0n) is 16.0. The Bertz CT molecular complexity index is 947. The van der Waals surface area contributed by atoms with Crippen molar-refractivity contribution in [2.24, 2.45) is 0 Å². The van der Waals surface area contributed by atoms with Gasteiger partial charge in [0.25, 0.3) is 0 Å². The SMILES string of the molecule is CN1C(=N)N[C@](C)(c2cccc([S+](C)[O-])c2)[C@H](c2ccc(C(F)(F)F)cc2)C1=O. The molecule has 2 N–H and O–H groups in total. The first kappa shape index (κ1) is 21.2. The summed E-state index contributed by atoms with van der Waals surface area (Å²) in [6.45, 7) is 1.71. The average Bonchev–Trinajstić information content (AvgIpc) is 2.66. The Morgan fingerprint density at radius 1 is 1.21 bits per heavy atom. The van der Waals surface area contributed by atoms with E-state index in [1.54, 1.807) is 31.2 Å². The fraction of sp³-hybridized carbons (Fsp3) is 0.300. The molecule has 1 heterocycles. The van der Waals surface area contributed by atoms with Crippen LogP contribution in [0.3, 0.4) is 0 Å². The minimum absolute atomic E-state index is 0.122. The molecular weight excluding hydrogens is 403 g/mol. The lowest BCUT2D eigenvalue weighted by molar-refractivity contribution is -0.137. The Hall–Kier alpha value is -2.52. The number of benzene rings is 2.